The molecule has 0 unspecified atom stereocenters. The standard InChI is InChI=1S/C10H12BFO2/c1-3-13-8-6-5-7(11)9(12)10(8)14-4-2/h5-6H,3-4H2,1-2H3. The quantitative estimate of drug-likeness (QED) is 0.674. The van der Waals surface area contributed by atoms with E-state index in [2.05, 4.69) is 0 Å². The van der Waals surface area contributed by atoms with Crippen molar-refractivity contribution in [1.29, 1.82) is 0 Å². The van der Waals surface area contributed by atoms with Crippen LogP contribution >= 0.6 is 0 Å². The molecule has 14 heavy (non-hydrogen) atoms. The Morgan fingerprint density at radius 1 is 1.21 bits per heavy atom. The van der Waals surface area contributed by atoms with Gasteiger partial charge in [0.15, 0.2) is 17.3 Å². The van der Waals surface area contributed by atoms with Crippen molar-refractivity contribution in [2.24, 2.45) is 0 Å². The zero-order valence-corrected chi connectivity index (χ0v) is 8.34. The molecular formula is C10H12BFO2. The second-order valence-electron chi connectivity index (χ2n) is 2.66. The van der Waals surface area contributed by atoms with E-state index in [0.717, 1.165) is 0 Å². The van der Waals surface area contributed by atoms with Crippen LogP contribution in [0.1, 0.15) is 13.8 Å². The lowest BCUT2D eigenvalue weighted by Gasteiger charge is -2.12. The molecule has 0 fully saturated rings. The third-order valence-corrected chi connectivity index (χ3v) is 1.68. The van der Waals surface area contributed by atoms with Crippen molar-refractivity contribution in [3.63, 3.8) is 0 Å². The van der Waals surface area contributed by atoms with E-state index in [-0.39, 0.29) is 11.2 Å². The Morgan fingerprint density at radius 2 is 1.86 bits per heavy atom. The summed E-state index contributed by atoms with van der Waals surface area (Å²) in [6.07, 6.45) is 0. The molecule has 0 heterocycles. The maximum atomic E-state index is 13.4. The van der Waals surface area contributed by atoms with Crippen molar-refractivity contribution in [2.75, 3.05) is 13.2 Å². The fraction of sp³-hybridized carbons (Fsp3) is 0.400. The average molecular weight is 194 g/mol. The van der Waals surface area contributed by atoms with E-state index in [9.17, 15) is 4.39 Å². The van der Waals surface area contributed by atoms with Crippen molar-refractivity contribution in [3.8, 4) is 11.5 Å². The first-order valence-corrected chi connectivity index (χ1v) is 4.54. The SMILES string of the molecule is [B]c1ccc(OCC)c(OCC)c1F. The van der Waals surface area contributed by atoms with E-state index in [1.807, 2.05) is 6.92 Å². The average Bonchev–Trinajstić information content (AvgIpc) is 2.18. The molecule has 0 atom stereocenters. The fourth-order valence-electron chi connectivity index (χ4n) is 1.10. The van der Waals surface area contributed by atoms with E-state index in [0.29, 0.717) is 19.0 Å². The molecule has 0 spiro atoms. The van der Waals surface area contributed by atoms with Gasteiger partial charge in [-0.15, -0.1) is 0 Å². The summed E-state index contributed by atoms with van der Waals surface area (Å²) in [5.41, 5.74) is 0.0666. The predicted molar refractivity (Wildman–Crippen MR) is 54.1 cm³/mol. The molecule has 0 saturated heterocycles. The molecule has 1 rings (SSSR count). The van der Waals surface area contributed by atoms with Crippen molar-refractivity contribution < 1.29 is 13.9 Å². The third-order valence-electron chi connectivity index (χ3n) is 1.68. The molecule has 2 nitrogen and oxygen atoms in total. The van der Waals surface area contributed by atoms with E-state index in [1.165, 1.54) is 6.07 Å². The molecule has 0 saturated carbocycles. The summed E-state index contributed by atoms with van der Waals surface area (Å²) in [6.45, 7) is 4.44. The normalized spacial score (nSPS) is 9.93. The van der Waals surface area contributed by atoms with Gasteiger partial charge < -0.3 is 9.47 Å². The Labute approximate surface area is 84.4 Å². The van der Waals surface area contributed by atoms with Crippen LogP contribution in [0, 0.1) is 5.82 Å². The van der Waals surface area contributed by atoms with E-state index in [1.54, 1.807) is 13.0 Å². The number of benzene rings is 1. The molecule has 4 heteroatoms. The van der Waals surface area contributed by atoms with Gasteiger partial charge >= 0.3 is 0 Å². The van der Waals surface area contributed by atoms with E-state index < -0.39 is 5.82 Å². The second-order valence-corrected chi connectivity index (χ2v) is 2.66. The van der Waals surface area contributed by atoms with Crippen molar-refractivity contribution in [2.45, 2.75) is 13.8 Å². The molecule has 0 aliphatic carbocycles. The highest BCUT2D eigenvalue weighted by Gasteiger charge is 2.12. The summed E-state index contributed by atoms with van der Waals surface area (Å²) < 4.78 is 23.8. The van der Waals surface area contributed by atoms with Gasteiger partial charge in [-0.2, -0.15) is 0 Å². The van der Waals surface area contributed by atoms with Crippen LogP contribution in [0.2, 0.25) is 0 Å². The first kappa shape index (κ1) is 10.9. The minimum atomic E-state index is -0.558. The van der Waals surface area contributed by atoms with Crippen LogP contribution in [0.15, 0.2) is 12.1 Å². The lowest BCUT2D eigenvalue weighted by Crippen LogP contribution is -2.12. The molecule has 0 aliphatic rings. The van der Waals surface area contributed by atoms with Crippen LogP contribution in [0.25, 0.3) is 0 Å². The summed E-state index contributed by atoms with van der Waals surface area (Å²) in [5, 5.41) is 0. The minimum Gasteiger partial charge on any atom is -0.490 e. The van der Waals surface area contributed by atoms with Crippen molar-refractivity contribution in [3.05, 3.63) is 17.9 Å². The molecule has 0 N–H and O–H groups in total. The number of halogens is 1. The van der Waals surface area contributed by atoms with Gasteiger partial charge in [0.2, 0.25) is 0 Å². The number of ether oxygens (including phenoxy) is 2. The number of hydrogen-bond acceptors (Lipinski definition) is 2. The van der Waals surface area contributed by atoms with Gasteiger partial charge in [0, 0.05) is 0 Å². The molecule has 0 amide bonds. The molecular weight excluding hydrogens is 182 g/mol. The number of hydrogen-bond donors (Lipinski definition) is 0. The summed E-state index contributed by atoms with van der Waals surface area (Å²) >= 11 is 0. The summed E-state index contributed by atoms with van der Waals surface area (Å²) in [5.74, 6) is -0.0757. The highest BCUT2D eigenvalue weighted by atomic mass is 19.1. The topological polar surface area (TPSA) is 18.5 Å². The molecule has 0 aromatic heterocycles. The molecule has 1 aromatic carbocycles. The summed E-state index contributed by atoms with van der Waals surface area (Å²) in [4.78, 5) is 0. The zero-order valence-electron chi connectivity index (χ0n) is 8.34. The van der Waals surface area contributed by atoms with Crippen LogP contribution < -0.4 is 14.9 Å². The minimum absolute atomic E-state index is 0.0666. The van der Waals surface area contributed by atoms with E-state index in [4.69, 9.17) is 17.3 Å². The Balaban J connectivity index is 3.08. The van der Waals surface area contributed by atoms with Gasteiger partial charge in [0.05, 0.1) is 13.2 Å². The maximum absolute atomic E-state index is 13.4. The molecule has 1 aromatic rings. The Hall–Kier alpha value is -1.19. The molecule has 0 bridgehead atoms. The Morgan fingerprint density at radius 3 is 2.43 bits per heavy atom. The van der Waals surface area contributed by atoms with Gasteiger partial charge in [0.1, 0.15) is 7.85 Å². The van der Waals surface area contributed by atoms with Crippen LogP contribution in [0.4, 0.5) is 4.39 Å². The monoisotopic (exact) mass is 194 g/mol. The second kappa shape index (κ2) is 4.89. The predicted octanol–water partition coefficient (Wildman–Crippen LogP) is 1.42. The van der Waals surface area contributed by atoms with Crippen molar-refractivity contribution in [1.82, 2.24) is 0 Å². The zero-order chi connectivity index (χ0) is 10.6. The lowest BCUT2D eigenvalue weighted by atomic mass is 9.95. The Kier molecular flexibility index (Phi) is 3.80. The van der Waals surface area contributed by atoms with Gasteiger partial charge in [-0.3, -0.25) is 0 Å². The van der Waals surface area contributed by atoms with Gasteiger partial charge in [-0.1, -0.05) is 11.5 Å². The first-order valence-electron chi connectivity index (χ1n) is 4.54. The molecule has 74 valence electrons. The number of rotatable bonds is 4. The van der Waals surface area contributed by atoms with Crippen LogP contribution in [-0.4, -0.2) is 21.1 Å². The molecule has 0 aliphatic heterocycles. The van der Waals surface area contributed by atoms with Crippen LogP contribution in [-0.2, 0) is 0 Å². The summed E-state index contributed by atoms with van der Waals surface area (Å²) in [6, 6.07) is 3.07. The van der Waals surface area contributed by atoms with E-state index >= 15 is 0 Å². The van der Waals surface area contributed by atoms with Gasteiger partial charge in [-0.25, -0.2) is 4.39 Å². The third kappa shape index (κ3) is 2.19. The first-order chi connectivity index (χ1) is 6.70. The summed E-state index contributed by atoms with van der Waals surface area (Å²) in [7, 11) is 5.41. The fourth-order valence-corrected chi connectivity index (χ4v) is 1.10. The van der Waals surface area contributed by atoms with Crippen LogP contribution in [0.3, 0.4) is 0 Å². The highest BCUT2D eigenvalue weighted by Crippen LogP contribution is 2.28. The van der Waals surface area contributed by atoms with Gasteiger partial charge in [-0.05, 0) is 19.9 Å². The molecule has 2 radical (unpaired) electrons. The smallest absolute Gasteiger partial charge is 0.196 e. The van der Waals surface area contributed by atoms with Crippen molar-refractivity contribution >= 4 is 13.3 Å². The Bertz CT molecular complexity index is 315. The highest BCUT2D eigenvalue weighted by molar-refractivity contribution is 6.32. The lowest BCUT2D eigenvalue weighted by molar-refractivity contribution is 0.276. The van der Waals surface area contributed by atoms with Crippen LogP contribution in [0.5, 0.6) is 11.5 Å². The maximum Gasteiger partial charge on any atom is 0.196 e. The largest absolute Gasteiger partial charge is 0.490 e. The van der Waals surface area contributed by atoms with Gasteiger partial charge in [0.25, 0.3) is 0 Å².